The van der Waals surface area contributed by atoms with E-state index >= 15 is 0 Å². The number of anilines is 2. The van der Waals surface area contributed by atoms with Gasteiger partial charge in [0.2, 0.25) is 0 Å². The van der Waals surface area contributed by atoms with E-state index in [9.17, 15) is 8.42 Å². The molecule has 4 aromatic carbocycles. The largest absolute Gasteiger partial charge is 0.368 e. The van der Waals surface area contributed by atoms with Crippen molar-refractivity contribution in [1.29, 1.82) is 0 Å². The third-order valence-electron chi connectivity index (χ3n) is 5.86. The van der Waals surface area contributed by atoms with Gasteiger partial charge < -0.3 is 10.2 Å². The summed E-state index contributed by atoms with van der Waals surface area (Å²) < 4.78 is 29.9. The highest BCUT2D eigenvalue weighted by Gasteiger charge is 2.22. The van der Waals surface area contributed by atoms with E-state index in [-0.39, 0.29) is 17.3 Å². The molecule has 2 N–H and O–H groups in total. The number of hydrogen-bond acceptors (Lipinski definition) is 4. The SMILES string of the molecule is Cl.O=S(=O)(Nc1ccccc1-c1ccccc1)c1ccc(N2CCNCC2)c2ccccc12. The van der Waals surface area contributed by atoms with E-state index < -0.39 is 10.0 Å². The van der Waals surface area contributed by atoms with Crippen LogP contribution in [-0.2, 0) is 10.0 Å². The summed E-state index contributed by atoms with van der Waals surface area (Å²) in [5.41, 5.74) is 3.45. The van der Waals surface area contributed by atoms with E-state index in [4.69, 9.17) is 0 Å². The third-order valence-corrected chi connectivity index (χ3v) is 7.29. The number of piperazine rings is 1. The second kappa shape index (κ2) is 9.83. The lowest BCUT2D eigenvalue weighted by atomic mass is 10.0. The number of sulfonamides is 1. The maximum absolute atomic E-state index is 13.6. The Hall–Kier alpha value is -3.06. The van der Waals surface area contributed by atoms with Crippen LogP contribution in [0, 0.1) is 0 Å². The number of halogens is 1. The van der Waals surface area contributed by atoms with Gasteiger partial charge >= 0.3 is 0 Å². The molecule has 0 unspecified atom stereocenters. The quantitative estimate of drug-likeness (QED) is 0.416. The minimum Gasteiger partial charge on any atom is -0.368 e. The van der Waals surface area contributed by atoms with E-state index in [0.29, 0.717) is 5.69 Å². The molecule has 1 heterocycles. The molecule has 0 aromatic heterocycles. The average molecular weight is 480 g/mol. The van der Waals surface area contributed by atoms with E-state index in [0.717, 1.165) is 53.8 Å². The van der Waals surface area contributed by atoms with Gasteiger partial charge in [-0.1, -0.05) is 72.8 Å². The molecule has 0 bridgehead atoms. The molecule has 0 amide bonds. The maximum atomic E-state index is 13.6. The fourth-order valence-corrected chi connectivity index (χ4v) is 5.60. The van der Waals surface area contributed by atoms with Gasteiger partial charge in [-0.05, 0) is 23.8 Å². The Morgan fingerprint density at radius 3 is 2.12 bits per heavy atom. The minimum atomic E-state index is -3.80. The summed E-state index contributed by atoms with van der Waals surface area (Å²) in [6.45, 7) is 3.65. The molecule has 1 fully saturated rings. The van der Waals surface area contributed by atoms with Crippen molar-refractivity contribution in [3.05, 3.63) is 91.0 Å². The highest BCUT2D eigenvalue weighted by molar-refractivity contribution is 7.93. The number of benzene rings is 4. The molecule has 7 heteroatoms. The first-order chi connectivity index (χ1) is 15.6. The minimum absolute atomic E-state index is 0. The summed E-state index contributed by atoms with van der Waals surface area (Å²) in [5, 5.41) is 5.05. The summed E-state index contributed by atoms with van der Waals surface area (Å²) in [6.07, 6.45) is 0. The second-order valence-corrected chi connectivity index (χ2v) is 9.53. The summed E-state index contributed by atoms with van der Waals surface area (Å²) in [4.78, 5) is 2.60. The van der Waals surface area contributed by atoms with Crippen LogP contribution >= 0.6 is 12.4 Å². The van der Waals surface area contributed by atoms with E-state index in [1.165, 1.54) is 0 Å². The predicted molar refractivity (Wildman–Crippen MR) is 139 cm³/mol. The van der Waals surface area contributed by atoms with Crippen molar-refractivity contribution in [2.45, 2.75) is 4.90 Å². The van der Waals surface area contributed by atoms with Crippen LogP contribution < -0.4 is 14.9 Å². The van der Waals surface area contributed by atoms with E-state index in [1.54, 1.807) is 12.1 Å². The zero-order chi connectivity index (χ0) is 22.0. The lowest BCUT2D eigenvalue weighted by molar-refractivity contribution is 0.590. The normalized spacial score (nSPS) is 14.0. The molecule has 0 radical (unpaired) electrons. The van der Waals surface area contributed by atoms with E-state index in [1.807, 2.05) is 78.9 Å². The molecule has 5 rings (SSSR count). The van der Waals surface area contributed by atoms with Crippen LogP contribution in [0.1, 0.15) is 0 Å². The second-order valence-electron chi connectivity index (χ2n) is 7.88. The van der Waals surface area contributed by atoms with Gasteiger partial charge in [0.05, 0.1) is 10.6 Å². The van der Waals surface area contributed by atoms with Crippen molar-refractivity contribution in [2.75, 3.05) is 35.8 Å². The molecular weight excluding hydrogens is 454 g/mol. The summed E-state index contributed by atoms with van der Waals surface area (Å²) in [5.74, 6) is 0. The first-order valence-corrected chi connectivity index (χ1v) is 12.3. The molecule has 33 heavy (non-hydrogen) atoms. The molecule has 170 valence electrons. The Labute approximate surface area is 200 Å². The van der Waals surface area contributed by atoms with Crippen molar-refractivity contribution in [1.82, 2.24) is 5.32 Å². The molecule has 1 aliphatic heterocycles. The van der Waals surface area contributed by atoms with Crippen LogP contribution in [0.5, 0.6) is 0 Å². The van der Waals surface area contributed by atoms with Crippen LogP contribution in [0.2, 0.25) is 0 Å². The summed E-state index contributed by atoms with van der Waals surface area (Å²) in [6, 6.07) is 28.7. The van der Waals surface area contributed by atoms with Crippen molar-refractivity contribution >= 4 is 44.6 Å². The number of rotatable bonds is 5. The number of fused-ring (bicyclic) bond motifs is 1. The summed E-state index contributed by atoms with van der Waals surface area (Å²) in [7, 11) is -3.80. The van der Waals surface area contributed by atoms with Crippen LogP contribution in [0.25, 0.3) is 21.9 Å². The van der Waals surface area contributed by atoms with Gasteiger partial charge in [0.1, 0.15) is 0 Å². The van der Waals surface area contributed by atoms with Crippen LogP contribution in [0.3, 0.4) is 0 Å². The van der Waals surface area contributed by atoms with Crippen molar-refractivity contribution in [3.63, 3.8) is 0 Å². The lowest BCUT2D eigenvalue weighted by Gasteiger charge is -2.30. The molecule has 5 nitrogen and oxygen atoms in total. The maximum Gasteiger partial charge on any atom is 0.262 e. The Morgan fingerprint density at radius 1 is 0.727 bits per heavy atom. The fraction of sp³-hybridized carbons (Fsp3) is 0.154. The predicted octanol–water partition coefficient (Wildman–Crippen LogP) is 5.14. The summed E-state index contributed by atoms with van der Waals surface area (Å²) >= 11 is 0. The number of nitrogens with zero attached hydrogens (tertiary/aromatic N) is 1. The Bertz CT molecular complexity index is 1350. The molecule has 0 aliphatic carbocycles. The molecule has 0 saturated carbocycles. The van der Waals surface area contributed by atoms with Crippen LogP contribution in [-0.4, -0.2) is 34.6 Å². The Morgan fingerprint density at radius 2 is 1.36 bits per heavy atom. The van der Waals surface area contributed by atoms with Gasteiger partial charge in [-0.15, -0.1) is 12.4 Å². The van der Waals surface area contributed by atoms with E-state index in [2.05, 4.69) is 14.9 Å². The Balaban J connectivity index is 0.00000259. The molecular formula is C26H26ClN3O2S. The standard InChI is InChI=1S/C26H25N3O2S.ClH/c30-32(31,28-24-13-7-6-10-21(24)20-8-2-1-3-9-20)26-15-14-25(29-18-16-27-17-19-29)22-11-4-5-12-23(22)26;/h1-15,27-28H,16-19H2;1H. The Kier molecular flexibility index (Phi) is 6.88. The van der Waals surface area contributed by atoms with Crippen molar-refractivity contribution < 1.29 is 8.42 Å². The highest BCUT2D eigenvalue weighted by Crippen LogP contribution is 2.34. The third kappa shape index (κ3) is 4.69. The highest BCUT2D eigenvalue weighted by atomic mass is 35.5. The smallest absolute Gasteiger partial charge is 0.262 e. The molecule has 4 aromatic rings. The van der Waals surface area contributed by atoms with Gasteiger partial charge in [0.25, 0.3) is 10.0 Å². The zero-order valence-electron chi connectivity index (χ0n) is 18.1. The number of nitrogens with one attached hydrogen (secondary N) is 2. The number of hydrogen-bond donors (Lipinski definition) is 2. The van der Waals surface area contributed by atoms with Gasteiger partial charge in [0.15, 0.2) is 0 Å². The van der Waals surface area contributed by atoms with Gasteiger partial charge in [-0.25, -0.2) is 8.42 Å². The van der Waals surface area contributed by atoms with Crippen LogP contribution in [0.4, 0.5) is 11.4 Å². The molecule has 1 aliphatic rings. The van der Waals surface area contributed by atoms with Gasteiger partial charge in [-0.3, -0.25) is 4.72 Å². The van der Waals surface area contributed by atoms with Gasteiger partial charge in [-0.2, -0.15) is 0 Å². The van der Waals surface area contributed by atoms with Gasteiger partial charge in [0, 0.05) is 48.2 Å². The monoisotopic (exact) mass is 479 g/mol. The van der Waals surface area contributed by atoms with Crippen LogP contribution in [0.15, 0.2) is 95.9 Å². The fourth-order valence-electron chi connectivity index (χ4n) is 4.31. The van der Waals surface area contributed by atoms with Crippen molar-refractivity contribution in [3.8, 4) is 11.1 Å². The molecule has 0 atom stereocenters. The zero-order valence-corrected chi connectivity index (χ0v) is 19.7. The molecule has 1 saturated heterocycles. The average Bonchev–Trinajstić information content (AvgIpc) is 2.84. The first-order valence-electron chi connectivity index (χ1n) is 10.8. The topological polar surface area (TPSA) is 61.4 Å². The lowest BCUT2D eigenvalue weighted by Crippen LogP contribution is -2.43. The van der Waals surface area contributed by atoms with Crippen molar-refractivity contribution in [2.24, 2.45) is 0 Å². The number of para-hydroxylation sites is 1. The molecule has 0 spiro atoms. The first kappa shape index (κ1) is 23.1.